The zero-order chi connectivity index (χ0) is 22.0. The van der Waals surface area contributed by atoms with Crippen LogP contribution in [0, 0.1) is 13.8 Å². The number of hydrogen-bond donors (Lipinski definition) is 2. The lowest BCUT2D eigenvalue weighted by atomic mass is 10.0. The van der Waals surface area contributed by atoms with Crippen molar-refractivity contribution in [1.82, 2.24) is 14.9 Å². The van der Waals surface area contributed by atoms with Gasteiger partial charge in [0, 0.05) is 12.1 Å². The molecule has 31 heavy (non-hydrogen) atoms. The van der Waals surface area contributed by atoms with Gasteiger partial charge in [-0.05, 0) is 55.7 Å². The van der Waals surface area contributed by atoms with Crippen LogP contribution in [0.15, 0.2) is 47.6 Å². The average molecular weight is 438 g/mol. The summed E-state index contributed by atoms with van der Waals surface area (Å²) in [5, 5.41) is 11.9. The van der Waals surface area contributed by atoms with Gasteiger partial charge < -0.3 is 15.5 Å². The van der Waals surface area contributed by atoms with Crippen LogP contribution in [-0.2, 0) is 11.2 Å². The Bertz CT molecular complexity index is 1080. The minimum absolute atomic E-state index is 0.0719. The van der Waals surface area contributed by atoms with Crippen LogP contribution >= 0.6 is 11.8 Å². The van der Waals surface area contributed by atoms with Crippen molar-refractivity contribution in [1.29, 1.82) is 0 Å². The molecule has 8 heteroatoms. The van der Waals surface area contributed by atoms with E-state index in [1.165, 1.54) is 11.8 Å². The molecule has 0 spiro atoms. The molecule has 0 radical (unpaired) electrons. The number of aryl methyl sites for hydroxylation is 3. The third-order valence-corrected chi connectivity index (χ3v) is 6.49. The van der Waals surface area contributed by atoms with Crippen LogP contribution in [-0.4, -0.2) is 32.6 Å². The molecule has 0 saturated carbocycles. The van der Waals surface area contributed by atoms with Crippen molar-refractivity contribution in [3.8, 4) is 5.75 Å². The van der Waals surface area contributed by atoms with Gasteiger partial charge in [-0.1, -0.05) is 43.0 Å². The summed E-state index contributed by atoms with van der Waals surface area (Å²) in [7, 11) is 0. The number of nitrogens with zero attached hydrogens (tertiary/aromatic N) is 3. The lowest BCUT2D eigenvalue weighted by molar-refractivity contribution is -0.116. The van der Waals surface area contributed by atoms with Crippen molar-refractivity contribution in [3.05, 3.63) is 65.0 Å². The second kappa shape index (κ2) is 9.01. The largest absolute Gasteiger partial charge is 0.494 e. The summed E-state index contributed by atoms with van der Waals surface area (Å²) in [5.41, 5.74) is 7.44. The Hall–Kier alpha value is -3.00. The quantitative estimate of drug-likeness (QED) is 0.600. The molecule has 0 fully saturated rings. The van der Waals surface area contributed by atoms with Gasteiger partial charge in [0.25, 0.3) is 0 Å². The number of benzene rings is 2. The zero-order valence-corrected chi connectivity index (χ0v) is 19.0. The van der Waals surface area contributed by atoms with Crippen molar-refractivity contribution in [2.24, 2.45) is 0 Å². The molecule has 0 aliphatic carbocycles. The number of thioether (sulfide) groups is 1. The number of ether oxygens (including phenoxy) is 1. The third kappa shape index (κ3) is 4.39. The Balaban J connectivity index is 1.66. The number of aromatic nitrogens is 3. The van der Waals surface area contributed by atoms with Gasteiger partial charge >= 0.3 is 0 Å². The van der Waals surface area contributed by atoms with Crippen LogP contribution in [0.2, 0.25) is 0 Å². The van der Waals surface area contributed by atoms with E-state index in [0.29, 0.717) is 11.8 Å². The number of amides is 1. The third-order valence-electron chi connectivity index (χ3n) is 5.28. The molecule has 0 bridgehead atoms. The number of carbonyl (C=O) groups excluding carboxylic acids is 1. The van der Waals surface area contributed by atoms with E-state index < -0.39 is 5.25 Å². The first kappa shape index (κ1) is 21.2. The number of anilines is 1. The van der Waals surface area contributed by atoms with Gasteiger partial charge in [0.15, 0.2) is 5.82 Å². The van der Waals surface area contributed by atoms with Crippen LogP contribution in [0.5, 0.6) is 5.75 Å². The predicted octanol–water partition coefficient (Wildman–Crippen LogP) is 4.25. The molecular weight excluding hydrogens is 410 g/mol. The number of rotatable bonds is 6. The van der Waals surface area contributed by atoms with E-state index >= 15 is 0 Å². The average Bonchev–Trinajstić information content (AvgIpc) is 3.18. The normalized spacial score (nSPS) is 17.5. The molecular formula is C23H27N5O2S. The molecule has 1 amide bonds. The summed E-state index contributed by atoms with van der Waals surface area (Å²) in [5.74, 6) is 1.58. The molecule has 1 aliphatic heterocycles. The summed E-state index contributed by atoms with van der Waals surface area (Å²) >= 11 is 1.43. The van der Waals surface area contributed by atoms with E-state index in [1.54, 1.807) is 0 Å². The number of hydrogen-bond acceptors (Lipinski definition) is 6. The first-order valence-electron chi connectivity index (χ1n) is 10.5. The predicted molar refractivity (Wildman–Crippen MR) is 123 cm³/mol. The highest BCUT2D eigenvalue weighted by Gasteiger charge is 2.37. The molecule has 2 N–H and O–H groups in total. The summed E-state index contributed by atoms with van der Waals surface area (Å²) in [4.78, 5) is 13.4. The Morgan fingerprint density at radius 2 is 1.94 bits per heavy atom. The number of fused-ring (bicyclic) bond motifs is 1. The van der Waals surface area contributed by atoms with Gasteiger partial charge in [0.2, 0.25) is 11.1 Å². The lowest BCUT2D eigenvalue weighted by Crippen LogP contribution is -2.41. The highest BCUT2D eigenvalue weighted by atomic mass is 32.2. The minimum Gasteiger partial charge on any atom is -0.494 e. The maximum Gasteiger partial charge on any atom is 0.240 e. The topological polar surface area (TPSA) is 81.1 Å². The standard InChI is InChI=1S/C23H27N5O2S/c1-5-19-25-26-23-28(19)27-20(16-9-11-17(12-10-16)30-6-2)21(31-23)22(29)24-18-13-14(3)7-8-15(18)4/h7-13,20-21,27H,5-6H2,1-4H3,(H,24,29)/t20-,21-/m0/s1. The fraction of sp³-hybridized carbons (Fsp3) is 0.348. The summed E-state index contributed by atoms with van der Waals surface area (Å²) in [6.07, 6.45) is 0.746. The van der Waals surface area contributed by atoms with Gasteiger partial charge in [0.05, 0.1) is 12.6 Å². The first-order chi connectivity index (χ1) is 15.0. The van der Waals surface area contributed by atoms with Crippen molar-refractivity contribution < 1.29 is 9.53 Å². The molecule has 0 saturated heterocycles. The second-order valence-corrected chi connectivity index (χ2v) is 8.65. The van der Waals surface area contributed by atoms with E-state index in [2.05, 4.69) is 20.9 Å². The lowest BCUT2D eigenvalue weighted by Gasteiger charge is -2.33. The fourth-order valence-corrected chi connectivity index (χ4v) is 4.69. The zero-order valence-electron chi connectivity index (χ0n) is 18.2. The van der Waals surface area contributed by atoms with Gasteiger partial charge in [0.1, 0.15) is 11.0 Å². The van der Waals surface area contributed by atoms with E-state index in [9.17, 15) is 4.79 Å². The van der Waals surface area contributed by atoms with Gasteiger partial charge in [-0.2, -0.15) is 0 Å². The van der Waals surface area contributed by atoms with E-state index in [-0.39, 0.29) is 11.9 Å². The highest BCUT2D eigenvalue weighted by molar-refractivity contribution is 8.00. The number of nitrogens with one attached hydrogen (secondary N) is 2. The van der Waals surface area contributed by atoms with Gasteiger partial charge in [-0.15, -0.1) is 10.2 Å². The Morgan fingerprint density at radius 1 is 1.16 bits per heavy atom. The number of carbonyl (C=O) groups is 1. The molecule has 3 aromatic rings. The Labute approximate surface area is 186 Å². The van der Waals surface area contributed by atoms with Crippen molar-refractivity contribution in [2.75, 3.05) is 17.3 Å². The molecule has 1 aromatic heterocycles. The SMILES string of the molecule is CCOc1ccc([C@@H]2Nn3c(CC)nnc3S[C@@H]2C(=O)Nc2cc(C)ccc2C)cc1. The first-order valence-corrected chi connectivity index (χ1v) is 11.4. The Kier molecular flexibility index (Phi) is 6.18. The van der Waals surface area contributed by atoms with E-state index in [1.807, 2.05) is 74.8 Å². The van der Waals surface area contributed by atoms with Crippen LogP contribution in [0.25, 0.3) is 0 Å². The van der Waals surface area contributed by atoms with E-state index in [0.717, 1.165) is 40.4 Å². The Morgan fingerprint density at radius 3 is 2.65 bits per heavy atom. The van der Waals surface area contributed by atoms with Crippen molar-refractivity contribution in [3.63, 3.8) is 0 Å². The van der Waals surface area contributed by atoms with Crippen molar-refractivity contribution in [2.45, 2.75) is 50.6 Å². The van der Waals surface area contributed by atoms with Crippen LogP contribution in [0.3, 0.4) is 0 Å². The minimum atomic E-state index is -0.417. The molecule has 1 aliphatic rings. The summed E-state index contributed by atoms with van der Waals surface area (Å²) in [6.45, 7) is 8.62. The molecule has 4 rings (SSSR count). The van der Waals surface area contributed by atoms with E-state index in [4.69, 9.17) is 4.74 Å². The molecule has 2 atom stereocenters. The fourth-order valence-electron chi connectivity index (χ4n) is 3.59. The molecule has 2 heterocycles. The van der Waals surface area contributed by atoms with Gasteiger partial charge in [-0.3, -0.25) is 4.79 Å². The van der Waals surface area contributed by atoms with Gasteiger partial charge in [-0.25, -0.2) is 4.68 Å². The molecule has 162 valence electrons. The molecule has 0 unspecified atom stereocenters. The maximum absolute atomic E-state index is 13.4. The summed E-state index contributed by atoms with van der Waals surface area (Å²) < 4.78 is 7.47. The van der Waals surface area contributed by atoms with Crippen LogP contribution < -0.4 is 15.5 Å². The van der Waals surface area contributed by atoms with Crippen LogP contribution in [0.4, 0.5) is 5.69 Å². The maximum atomic E-state index is 13.4. The molecule has 7 nitrogen and oxygen atoms in total. The monoisotopic (exact) mass is 437 g/mol. The van der Waals surface area contributed by atoms with Crippen LogP contribution in [0.1, 0.15) is 42.4 Å². The smallest absolute Gasteiger partial charge is 0.240 e. The molecule has 2 aromatic carbocycles. The highest BCUT2D eigenvalue weighted by Crippen LogP contribution is 2.38. The summed E-state index contributed by atoms with van der Waals surface area (Å²) in [6, 6.07) is 13.7. The second-order valence-electron chi connectivity index (χ2n) is 7.54. The van der Waals surface area contributed by atoms with Crippen molar-refractivity contribution >= 4 is 23.4 Å².